The lowest BCUT2D eigenvalue weighted by molar-refractivity contribution is 0.603. The van der Waals surface area contributed by atoms with Crippen molar-refractivity contribution in [3.05, 3.63) is 0 Å². The molecule has 0 rings (SSSR count). The largest absolute Gasteiger partial charge is 0.229 e. The van der Waals surface area contributed by atoms with E-state index in [2.05, 4.69) is 0 Å². The zero-order valence-corrected chi connectivity index (χ0v) is 4.75. The Kier molecular flexibility index (Phi) is 9.98. The average Bonchev–Trinajstić information content (AvgIpc) is 1.35. The van der Waals surface area contributed by atoms with E-state index in [0.29, 0.717) is 0 Å². The van der Waals surface area contributed by atoms with Gasteiger partial charge in [-0.1, -0.05) is 21.8 Å². The van der Waals surface area contributed by atoms with Crippen LogP contribution in [-0.4, -0.2) is 20.4 Å². The third kappa shape index (κ3) is 16.8. The molecule has 0 radical (unpaired) electrons. The molecular weight excluding hydrogens is 124 g/mol. The second-order valence-corrected chi connectivity index (χ2v) is 3.64. The van der Waals surface area contributed by atoms with E-state index >= 15 is 0 Å². The molecular formula is C5H16O2S. The summed E-state index contributed by atoms with van der Waals surface area (Å²) in [5.41, 5.74) is 0. The maximum Gasteiger partial charge on any atom is 0.147 e. The van der Waals surface area contributed by atoms with Crippen molar-refractivity contribution in [2.24, 2.45) is 0 Å². The van der Waals surface area contributed by atoms with Crippen molar-refractivity contribution in [3.63, 3.8) is 0 Å². The van der Waals surface area contributed by atoms with Crippen LogP contribution in [0.25, 0.3) is 0 Å². The highest BCUT2D eigenvalue weighted by Gasteiger charge is 1.90. The number of sulfone groups is 1. The summed E-state index contributed by atoms with van der Waals surface area (Å²) in [6, 6.07) is 0. The summed E-state index contributed by atoms with van der Waals surface area (Å²) in [4.78, 5) is 0. The van der Waals surface area contributed by atoms with E-state index in [-0.39, 0.29) is 20.6 Å². The molecule has 3 heteroatoms. The molecule has 0 aromatic carbocycles. The van der Waals surface area contributed by atoms with Gasteiger partial charge in [-0.25, -0.2) is 8.42 Å². The van der Waals surface area contributed by atoms with Crippen LogP contribution in [0, 0.1) is 0 Å². The van der Waals surface area contributed by atoms with Crippen molar-refractivity contribution in [1.29, 1.82) is 0 Å². The first kappa shape index (κ1) is 15.7. The van der Waals surface area contributed by atoms with Crippen molar-refractivity contribution in [1.82, 2.24) is 0 Å². The van der Waals surface area contributed by atoms with Gasteiger partial charge in [-0.3, -0.25) is 0 Å². The van der Waals surface area contributed by atoms with E-state index < -0.39 is 9.84 Å². The molecule has 0 unspecified atom stereocenters. The molecule has 0 fully saturated rings. The topological polar surface area (TPSA) is 34.1 Å². The Balaban J connectivity index is -0.000000125. The minimum Gasteiger partial charge on any atom is -0.229 e. The summed E-state index contributed by atoms with van der Waals surface area (Å²) in [6.07, 6.45) is 1.22. The summed E-state index contributed by atoms with van der Waals surface area (Å²) in [5, 5.41) is 0. The molecule has 2 nitrogen and oxygen atoms in total. The van der Waals surface area contributed by atoms with E-state index in [4.69, 9.17) is 0 Å². The molecule has 0 amide bonds. The van der Waals surface area contributed by atoms with Gasteiger partial charge in [-0.05, 0) is 0 Å². The van der Waals surface area contributed by atoms with Gasteiger partial charge in [-0.2, -0.15) is 0 Å². The van der Waals surface area contributed by atoms with Gasteiger partial charge in [0.1, 0.15) is 9.84 Å². The summed E-state index contributed by atoms with van der Waals surface area (Å²) in [7, 11) is -2.66. The van der Waals surface area contributed by atoms with E-state index in [0.717, 1.165) is 0 Å². The monoisotopic (exact) mass is 140 g/mol. The Morgan fingerprint density at radius 3 is 1.38 bits per heavy atom. The Hall–Kier alpha value is -0.0500. The van der Waals surface area contributed by atoms with E-state index in [1.54, 1.807) is 6.92 Å². The van der Waals surface area contributed by atoms with Gasteiger partial charge < -0.3 is 0 Å². The third-order valence-electron chi connectivity index (χ3n) is 0.524. The normalized spacial score (nSPS) is 8.75. The minimum absolute atomic E-state index is 0. The lowest BCUT2D eigenvalue weighted by Crippen LogP contribution is -1.96. The van der Waals surface area contributed by atoms with Crippen molar-refractivity contribution in [3.8, 4) is 0 Å². The highest BCUT2D eigenvalue weighted by atomic mass is 32.2. The van der Waals surface area contributed by atoms with Crippen LogP contribution in [0.2, 0.25) is 0 Å². The van der Waals surface area contributed by atoms with Crippen LogP contribution in [0.1, 0.15) is 21.8 Å². The molecule has 0 aromatic heterocycles. The zero-order valence-electron chi connectivity index (χ0n) is 3.93. The van der Waals surface area contributed by atoms with Crippen LogP contribution in [0.5, 0.6) is 0 Å². The SMILES string of the molecule is C.C.CCS(C)(=O)=O. The van der Waals surface area contributed by atoms with Gasteiger partial charge in [0.15, 0.2) is 0 Å². The van der Waals surface area contributed by atoms with Crippen molar-refractivity contribution in [2.75, 3.05) is 12.0 Å². The van der Waals surface area contributed by atoms with E-state index in [1.807, 2.05) is 0 Å². The van der Waals surface area contributed by atoms with Crippen LogP contribution in [0.15, 0.2) is 0 Å². The first-order valence-electron chi connectivity index (χ1n) is 1.74. The van der Waals surface area contributed by atoms with Gasteiger partial charge >= 0.3 is 0 Å². The highest BCUT2D eigenvalue weighted by molar-refractivity contribution is 7.90. The van der Waals surface area contributed by atoms with Gasteiger partial charge in [0, 0.05) is 12.0 Å². The van der Waals surface area contributed by atoms with E-state index in [1.165, 1.54) is 6.26 Å². The van der Waals surface area contributed by atoms with Crippen molar-refractivity contribution in [2.45, 2.75) is 21.8 Å². The summed E-state index contributed by atoms with van der Waals surface area (Å²) in [6.45, 7) is 1.62. The minimum atomic E-state index is -2.66. The second-order valence-electron chi connectivity index (χ2n) is 1.21. The van der Waals surface area contributed by atoms with Crippen LogP contribution in [0.3, 0.4) is 0 Å². The maximum absolute atomic E-state index is 10.0. The van der Waals surface area contributed by atoms with Crippen molar-refractivity contribution < 1.29 is 8.42 Å². The highest BCUT2D eigenvalue weighted by Crippen LogP contribution is 1.75. The first-order valence-corrected chi connectivity index (χ1v) is 3.80. The van der Waals surface area contributed by atoms with Crippen molar-refractivity contribution >= 4 is 9.84 Å². The molecule has 0 spiro atoms. The molecule has 0 aliphatic rings. The first-order chi connectivity index (χ1) is 2.56. The van der Waals surface area contributed by atoms with Crippen LogP contribution >= 0.6 is 0 Å². The summed E-state index contributed by atoms with van der Waals surface area (Å²) >= 11 is 0. The second kappa shape index (κ2) is 5.09. The molecule has 0 aliphatic carbocycles. The fourth-order valence-electron chi connectivity index (χ4n) is 0. The third-order valence-corrected chi connectivity index (χ3v) is 1.57. The Morgan fingerprint density at radius 2 is 1.38 bits per heavy atom. The fourth-order valence-corrected chi connectivity index (χ4v) is 0. The standard InChI is InChI=1S/C3H8O2S.2CH4/c1-3-6(2,4)5;;/h3H2,1-2H3;2*1H4. The quantitative estimate of drug-likeness (QED) is 0.550. The lowest BCUT2D eigenvalue weighted by Gasteiger charge is -1.81. The molecule has 0 saturated carbocycles. The van der Waals surface area contributed by atoms with Gasteiger partial charge in [0.2, 0.25) is 0 Å². The predicted octanol–water partition coefficient (Wildman–Crippen LogP) is 1.32. The van der Waals surface area contributed by atoms with Crippen LogP contribution in [0.4, 0.5) is 0 Å². The molecule has 0 aliphatic heterocycles. The molecule has 0 atom stereocenters. The maximum atomic E-state index is 10.0. The Morgan fingerprint density at radius 1 is 1.25 bits per heavy atom. The van der Waals surface area contributed by atoms with E-state index in [9.17, 15) is 8.42 Å². The molecule has 0 heterocycles. The predicted molar refractivity (Wildman–Crippen MR) is 38.8 cm³/mol. The van der Waals surface area contributed by atoms with Gasteiger partial charge in [-0.15, -0.1) is 0 Å². The molecule has 8 heavy (non-hydrogen) atoms. The Bertz CT molecular complexity index is 112. The average molecular weight is 140 g/mol. The molecule has 0 N–H and O–H groups in total. The Labute approximate surface area is 52.8 Å². The lowest BCUT2D eigenvalue weighted by atomic mass is 11.0. The van der Waals surface area contributed by atoms with Crippen LogP contribution in [-0.2, 0) is 9.84 Å². The molecule has 54 valence electrons. The number of hydrogen-bond acceptors (Lipinski definition) is 2. The molecule has 0 bridgehead atoms. The summed E-state index contributed by atoms with van der Waals surface area (Å²) in [5.74, 6) is 0.243. The van der Waals surface area contributed by atoms with Crippen LogP contribution < -0.4 is 0 Å². The molecule has 0 saturated heterocycles. The number of rotatable bonds is 1. The van der Waals surface area contributed by atoms with Gasteiger partial charge in [0.25, 0.3) is 0 Å². The fraction of sp³-hybridized carbons (Fsp3) is 1.00. The smallest absolute Gasteiger partial charge is 0.147 e. The summed E-state index contributed by atoms with van der Waals surface area (Å²) < 4.78 is 20.0. The molecule has 0 aromatic rings. The van der Waals surface area contributed by atoms with Gasteiger partial charge in [0.05, 0.1) is 0 Å². The number of hydrogen-bond donors (Lipinski definition) is 0. The zero-order chi connectivity index (χ0) is 5.21.